The predicted molar refractivity (Wildman–Crippen MR) is 134 cm³/mol. The van der Waals surface area contributed by atoms with Crippen LogP contribution in [0.15, 0.2) is 48.8 Å². The molecule has 0 spiro atoms. The highest BCUT2D eigenvalue weighted by atomic mass is 16.5. The molecule has 0 fully saturated rings. The number of aromatic nitrogens is 1. The molecule has 1 aliphatic heterocycles. The van der Waals surface area contributed by atoms with Crippen LogP contribution in [-0.2, 0) is 4.79 Å². The topological polar surface area (TPSA) is 104 Å². The van der Waals surface area contributed by atoms with E-state index in [1.54, 1.807) is 49.5 Å². The van der Waals surface area contributed by atoms with Crippen LogP contribution in [0.2, 0.25) is 0 Å². The van der Waals surface area contributed by atoms with E-state index in [1.165, 1.54) is 13.1 Å². The van der Waals surface area contributed by atoms with Crippen LogP contribution in [0.1, 0.15) is 57.7 Å². The van der Waals surface area contributed by atoms with Gasteiger partial charge in [0.05, 0.1) is 17.5 Å². The number of rotatable bonds is 6. The Hall–Kier alpha value is -4.20. The Kier molecular flexibility index (Phi) is 6.79. The summed E-state index contributed by atoms with van der Waals surface area (Å²) in [6, 6.07) is 10.3. The van der Waals surface area contributed by atoms with E-state index in [0.29, 0.717) is 39.6 Å². The summed E-state index contributed by atoms with van der Waals surface area (Å²) in [5, 5.41) is 2.71. The lowest BCUT2D eigenvalue weighted by Gasteiger charge is -2.36. The molecule has 1 aromatic heterocycles. The zero-order chi connectivity index (χ0) is 26.0. The van der Waals surface area contributed by atoms with Gasteiger partial charge in [-0.15, -0.1) is 0 Å². The van der Waals surface area contributed by atoms with Crippen molar-refractivity contribution in [3.05, 3.63) is 76.6 Å². The van der Waals surface area contributed by atoms with Gasteiger partial charge in [0.2, 0.25) is 5.91 Å². The van der Waals surface area contributed by atoms with Gasteiger partial charge >= 0.3 is 5.97 Å². The minimum Gasteiger partial charge on any atom is -0.489 e. The summed E-state index contributed by atoms with van der Waals surface area (Å²) in [5.41, 5.74) is 2.53. The van der Waals surface area contributed by atoms with Crippen LogP contribution in [0.25, 0.3) is 0 Å². The van der Waals surface area contributed by atoms with E-state index in [1.807, 2.05) is 20.8 Å². The number of pyridine rings is 1. The van der Waals surface area contributed by atoms with Gasteiger partial charge in [0.1, 0.15) is 29.5 Å². The Labute approximate surface area is 209 Å². The average Bonchev–Trinajstić information content (AvgIpc) is 2.84. The molecular weight excluding hydrogens is 460 g/mol. The number of carbonyl (C=O) groups is 3. The number of ether oxygens (including phenoxy) is 3. The van der Waals surface area contributed by atoms with Crippen LogP contribution in [0, 0.1) is 20.8 Å². The molecule has 0 saturated heterocycles. The lowest BCUT2D eigenvalue weighted by molar-refractivity contribution is -0.114. The van der Waals surface area contributed by atoms with Crippen LogP contribution in [0.5, 0.6) is 17.2 Å². The number of esters is 1. The molecule has 2 heterocycles. The first-order valence-electron chi connectivity index (χ1n) is 11.6. The van der Waals surface area contributed by atoms with Crippen molar-refractivity contribution in [2.45, 2.75) is 46.6 Å². The standard InChI is InChI=1S/C28H28N2O6/c1-16-17(2)26-24(18(3)25(16)35-27(33)20-7-6-12-29-14-20)23(32)13-28(5,36-26)15-34-22-10-8-21(9-11-22)30-19(4)31/h6-12,14H,13,15H2,1-5H3,(H,30,31). The highest BCUT2D eigenvalue weighted by molar-refractivity contribution is 6.03. The lowest BCUT2D eigenvalue weighted by atomic mass is 9.86. The molecule has 1 unspecified atom stereocenters. The largest absolute Gasteiger partial charge is 0.489 e. The average molecular weight is 489 g/mol. The molecule has 1 amide bonds. The van der Waals surface area contributed by atoms with Gasteiger partial charge in [0.25, 0.3) is 0 Å². The van der Waals surface area contributed by atoms with E-state index < -0.39 is 11.6 Å². The summed E-state index contributed by atoms with van der Waals surface area (Å²) in [5.74, 6) is 0.628. The molecular formula is C28H28N2O6. The van der Waals surface area contributed by atoms with E-state index in [-0.39, 0.29) is 24.7 Å². The van der Waals surface area contributed by atoms with Gasteiger partial charge in [-0.2, -0.15) is 0 Å². The third-order valence-corrected chi connectivity index (χ3v) is 6.16. The fourth-order valence-corrected chi connectivity index (χ4v) is 4.21. The quantitative estimate of drug-likeness (QED) is 0.385. The summed E-state index contributed by atoms with van der Waals surface area (Å²) in [7, 11) is 0. The van der Waals surface area contributed by atoms with Crippen molar-refractivity contribution in [3.8, 4) is 17.2 Å². The second-order valence-corrected chi connectivity index (χ2v) is 9.19. The molecule has 0 bridgehead atoms. The first-order valence-corrected chi connectivity index (χ1v) is 11.6. The first kappa shape index (κ1) is 24.9. The van der Waals surface area contributed by atoms with Gasteiger partial charge in [-0.1, -0.05) is 0 Å². The van der Waals surface area contributed by atoms with Crippen molar-refractivity contribution in [3.63, 3.8) is 0 Å². The van der Waals surface area contributed by atoms with Crippen LogP contribution < -0.4 is 19.5 Å². The Morgan fingerprint density at radius 1 is 1.08 bits per heavy atom. The maximum atomic E-state index is 13.3. The van der Waals surface area contributed by atoms with Crippen LogP contribution in [-0.4, -0.2) is 34.9 Å². The minimum absolute atomic E-state index is 0.101. The van der Waals surface area contributed by atoms with Gasteiger partial charge in [0, 0.05) is 30.6 Å². The molecule has 8 heteroatoms. The number of benzene rings is 2. The number of nitrogens with one attached hydrogen (secondary N) is 1. The van der Waals surface area contributed by atoms with Crippen molar-refractivity contribution in [1.29, 1.82) is 0 Å². The van der Waals surface area contributed by atoms with Gasteiger partial charge in [0.15, 0.2) is 5.78 Å². The fraction of sp³-hybridized carbons (Fsp3) is 0.286. The Morgan fingerprint density at radius 2 is 1.81 bits per heavy atom. The van der Waals surface area contributed by atoms with Crippen molar-refractivity contribution in [2.75, 3.05) is 11.9 Å². The van der Waals surface area contributed by atoms with Gasteiger partial charge in [-0.05, 0) is 75.2 Å². The van der Waals surface area contributed by atoms with Crippen LogP contribution in [0.3, 0.4) is 0 Å². The summed E-state index contributed by atoms with van der Waals surface area (Å²) in [6.45, 7) is 8.86. The third-order valence-electron chi connectivity index (χ3n) is 6.16. The summed E-state index contributed by atoms with van der Waals surface area (Å²) < 4.78 is 18.0. The fourth-order valence-electron chi connectivity index (χ4n) is 4.21. The molecule has 1 N–H and O–H groups in total. The number of ketones is 1. The maximum absolute atomic E-state index is 13.3. The zero-order valence-electron chi connectivity index (χ0n) is 20.9. The normalized spacial score (nSPS) is 16.5. The molecule has 0 aliphatic carbocycles. The molecule has 36 heavy (non-hydrogen) atoms. The number of hydrogen-bond donors (Lipinski definition) is 1. The number of Topliss-reactive ketones (excluding diaryl/α,β-unsaturated/α-hetero) is 1. The molecule has 0 radical (unpaired) electrons. The van der Waals surface area contributed by atoms with Crippen molar-refractivity contribution in [1.82, 2.24) is 4.98 Å². The van der Waals surface area contributed by atoms with Gasteiger partial charge < -0.3 is 19.5 Å². The Balaban J connectivity index is 1.56. The number of hydrogen-bond acceptors (Lipinski definition) is 7. The highest BCUT2D eigenvalue weighted by Gasteiger charge is 2.40. The molecule has 1 atom stereocenters. The number of nitrogens with zero attached hydrogens (tertiary/aromatic N) is 1. The third kappa shape index (κ3) is 5.07. The van der Waals surface area contributed by atoms with Gasteiger partial charge in [-0.3, -0.25) is 14.6 Å². The molecule has 8 nitrogen and oxygen atoms in total. The van der Waals surface area contributed by atoms with E-state index in [0.717, 1.165) is 11.1 Å². The van der Waals surface area contributed by atoms with E-state index in [2.05, 4.69) is 10.3 Å². The van der Waals surface area contributed by atoms with Crippen molar-refractivity contribution < 1.29 is 28.6 Å². The van der Waals surface area contributed by atoms with E-state index >= 15 is 0 Å². The minimum atomic E-state index is -0.891. The smallest absolute Gasteiger partial charge is 0.345 e. The van der Waals surface area contributed by atoms with E-state index in [4.69, 9.17) is 14.2 Å². The monoisotopic (exact) mass is 488 g/mol. The summed E-state index contributed by atoms with van der Waals surface area (Å²) in [6.07, 6.45) is 3.11. The van der Waals surface area contributed by atoms with Crippen LogP contribution >= 0.6 is 0 Å². The zero-order valence-corrected chi connectivity index (χ0v) is 20.9. The molecule has 2 aromatic carbocycles. The molecule has 4 rings (SSSR count). The Morgan fingerprint density at radius 3 is 2.44 bits per heavy atom. The number of fused-ring (bicyclic) bond motifs is 1. The van der Waals surface area contributed by atoms with E-state index in [9.17, 15) is 14.4 Å². The summed E-state index contributed by atoms with van der Waals surface area (Å²) >= 11 is 0. The number of anilines is 1. The molecule has 0 saturated carbocycles. The predicted octanol–water partition coefficient (Wildman–Crippen LogP) is 4.99. The number of carbonyl (C=O) groups excluding carboxylic acids is 3. The second-order valence-electron chi connectivity index (χ2n) is 9.19. The number of amides is 1. The highest BCUT2D eigenvalue weighted by Crippen LogP contribution is 2.44. The van der Waals surface area contributed by atoms with Crippen molar-refractivity contribution >= 4 is 23.3 Å². The SMILES string of the molecule is CC(=O)Nc1ccc(OCC2(C)CC(=O)c3c(C)c(OC(=O)c4cccnc4)c(C)c(C)c3O2)cc1. The lowest BCUT2D eigenvalue weighted by Crippen LogP contribution is -2.45. The molecule has 3 aromatic rings. The van der Waals surface area contributed by atoms with Crippen molar-refractivity contribution in [2.24, 2.45) is 0 Å². The second kappa shape index (κ2) is 9.81. The molecule has 1 aliphatic rings. The molecule has 186 valence electrons. The van der Waals surface area contributed by atoms with Gasteiger partial charge in [-0.25, -0.2) is 4.79 Å². The Bertz CT molecular complexity index is 1330. The maximum Gasteiger partial charge on any atom is 0.345 e. The first-order chi connectivity index (χ1) is 17.1. The van der Waals surface area contributed by atoms with Crippen LogP contribution in [0.4, 0.5) is 5.69 Å². The summed E-state index contributed by atoms with van der Waals surface area (Å²) in [4.78, 5) is 41.1.